The fraction of sp³-hybridized carbons (Fsp3) is 0.190. The SMILES string of the molecule is O=C(C(c1ccccc1)c1ccccc1)N1CCc2cncnc2C1. The minimum atomic E-state index is -0.286. The molecular formula is C21H19N3O. The maximum absolute atomic E-state index is 13.4. The molecule has 2 aromatic carbocycles. The molecule has 0 fully saturated rings. The molecule has 25 heavy (non-hydrogen) atoms. The van der Waals surface area contributed by atoms with Crippen molar-refractivity contribution in [3.05, 3.63) is 95.6 Å². The normalized spacial score (nSPS) is 13.6. The van der Waals surface area contributed by atoms with E-state index in [1.165, 1.54) is 0 Å². The molecule has 3 aromatic rings. The van der Waals surface area contributed by atoms with Gasteiger partial charge in [0.15, 0.2) is 0 Å². The van der Waals surface area contributed by atoms with Crippen molar-refractivity contribution in [1.29, 1.82) is 0 Å². The lowest BCUT2D eigenvalue weighted by atomic mass is 9.89. The second-order valence-electron chi connectivity index (χ2n) is 6.26. The molecule has 1 aliphatic rings. The van der Waals surface area contributed by atoms with Gasteiger partial charge in [-0.15, -0.1) is 0 Å². The molecule has 0 spiro atoms. The summed E-state index contributed by atoms with van der Waals surface area (Å²) in [6.45, 7) is 1.25. The van der Waals surface area contributed by atoms with Crippen molar-refractivity contribution in [2.24, 2.45) is 0 Å². The predicted octanol–water partition coefficient (Wildman–Crippen LogP) is 3.19. The molecule has 0 unspecified atom stereocenters. The van der Waals surface area contributed by atoms with Gasteiger partial charge < -0.3 is 4.90 Å². The highest BCUT2D eigenvalue weighted by Crippen LogP contribution is 2.28. The lowest BCUT2D eigenvalue weighted by Gasteiger charge is -2.31. The van der Waals surface area contributed by atoms with Crippen molar-refractivity contribution in [1.82, 2.24) is 14.9 Å². The molecule has 0 N–H and O–H groups in total. The number of nitrogens with zero attached hydrogens (tertiary/aromatic N) is 3. The molecule has 4 heteroatoms. The first-order valence-electron chi connectivity index (χ1n) is 8.49. The number of hydrogen-bond acceptors (Lipinski definition) is 3. The van der Waals surface area contributed by atoms with E-state index >= 15 is 0 Å². The first-order chi connectivity index (χ1) is 12.3. The zero-order valence-corrected chi connectivity index (χ0v) is 13.9. The van der Waals surface area contributed by atoms with Crippen LogP contribution in [0.25, 0.3) is 0 Å². The van der Waals surface area contributed by atoms with Gasteiger partial charge in [0.1, 0.15) is 6.33 Å². The Kier molecular flexibility index (Phi) is 4.25. The number of fused-ring (bicyclic) bond motifs is 1. The van der Waals surface area contributed by atoms with Crippen molar-refractivity contribution in [3.63, 3.8) is 0 Å². The van der Waals surface area contributed by atoms with E-state index in [2.05, 4.69) is 9.97 Å². The molecule has 0 aliphatic carbocycles. The molecule has 0 radical (unpaired) electrons. The van der Waals surface area contributed by atoms with Crippen LogP contribution in [0.3, 0.4) is 0 Å². The maximum atomic E-state index is 13.4. The Labute approximate surface area is 147 Å². The summed E-state index contributed by atoms with van der Waals surface area (Å²) in [6, 6.07) is 20.0. The van der Waals surface area contributed by atoms with E-state index < -0.39 is 0 Å². The summed E-state index contributed by atoms with van der Waals surface area (Å²) in [5.74, 6) is -0.160. The van der Waals surface area contributed by atoms with Gasteiger partial charge in [-0.05, 0) is 23.1 Å². The molecule has 1 amide bonds. The molecule has 4 nitrogen and oxygen atoms in total. The van der Waals surface area contributed by atoms with Gasteiger partial charge in [-0.2, -0.15) is 0 Å². The highest BCUT2D eigenvalue weighted by atomic mass is 16.2. The highest BCUT2D eigenvalue weighted by Gasteiger charge is 2.30. The Balaban J connectivity index is 1.67. The monoisotopic (exact) mass is 329 g/mol. The third kappa shape index (κ3) is 3.15. The Morgan fingerprint density at radius 1 is 0.960 bits per heavy atom. The van der Waals surface area contributed by atoms with E-state index in [4.69, 9.17) is 0 Å². The van der Waals surface area contributed by atoms with Gasteiger partial charge >= 0.3 is 0 Å². The topological polar surface area (TPSA) is 46.1 Å². The van der Waals surface area contributed by atoms with Crippen LogP contribution in [-0.2, 0) is 17.8 Å². The van der Waals surface area contributed by atoms with E-state index in [1.807, 2.05) is 71.8 Å². The number of rotatable bonds is 3. The molecule has 0 saturated heterocycles. The number of aromatic nitrogens is 2. The van der Waals surface area contributed by atoms with Crippen LogP contribution in [0, 0.1) is 0 Å². The van der Waals surface area contributed by atoms with Gasteiger partial charge in [0.05, 0.1) is 18.2 Å². The quantitative estimate of drug-likeness (QED) is 0.741. The van der Waals surface area contributed by atoms with Crippen molar-refractivity contribution in [2.75, 3.05) is 6.54 Å². The Morgan fingerprint density at radius 3 is 2.24 bits per heavy atom. The molecule has 0 saturated carbocycles. The second-order valence-corrected chi connectivity index (χ2v) is 6.26. The minimum Gasteiger partial charge on any atom is -0.336 e. The number of benzene rings is 2. The van der Waals surface area contributed by atoms with E-state index in [-0.39, 0.29) is 11.8 Å². The van der Waals surface area contributed by atoms with Crippen LogP contribution in [0.2, 0.25) is 0 Å². The molecular weight excluding hydrogens is 310 g/mol. The molecule has 0 atom stereocenters. The average molecular weight is 329 g/mol. The summed E-state index contributed by atoms with van der Waals surface area (Å²) in [5, 5.41) is 0. The lowest BCUT2D eigenvalue weighted by Crippen LogP contribution is -2.39. The summed E-state index contributed by atoms with van der Waals surface area (Å²) >= 11 is 0. The van der Waals surface area contributed by atoms with Gasteiger partial charge in [-0.1, -0.05) is 60.7 Å². The summed E-state index contributed by atoms with van der Waals surface area (Å²) in [4.78, 5) is 23.7. The van der Waals surface area contributed by atoms with Crippen LogP contribution in [0.4, 0.5) is 0 Å². The molecule has 1 aliphatic heterocycles. The zero-order valence-electron chi connectivity index (χ0n) is 13.9. The zero-order chi connectivity index (χ0) is 17.1. The summed E-state index contributed by atoms with van der Waals surface area (Å²) < 4.78 is 0. The van der Waals surface area contributed by atoms with Crippen molar-refractivity contribution < 1.29 is 4.79 Å². The molecule has 4 rings (SSSR count). The minimum absolute atomic E-state index is 0.127. The number of amides is 1. The molecule has 2 heterocycles. The number of hydrogen-bond donors (Lipinski definition) is 0. The van der Waals surface area contributed by atoms with Gasteiger partial charge in [-0.25, -0.2) is 9.97 Å². The Hall–Kier alpha value is -3.01. The lowest BCUT2D eigenvalue weighted by molar-refractivity contribution is -0.132. The Morgan fingerprint density at radius 2 is 1.60 bits per heavy atom. The van der Waals surface area contributed by atoms with Crippen LogP contribution in [-0.4, -0.2) is 27.3 Å². The summed E-state index contributed by atoms with van der Waals surface area (Å²) in [7, 11) is 0. The second kappa shape index (κ2) is 6.85. The average Bonchev–Trinajstić information content (AvgIpc) is 2.69. The van der Waals surface area contributed by atoms with Gasteiger partial charge in [-0.3, -0.25) is 4.79 Å². The first-order valence-corrected chi connectivity index (χ1v) is 8.49. The van der Waals surface area contributed by atoms with Gasteiger partial charge in [0, 0.05) is 12.7 Å². The summed E-state index contributed by atoms with van der Waals surface area (Å²) in [5.41, 5.74) is 4.14. The predicted molar refractivity (Wildman–Crippen MR) is 95.9 cm³/mol. The van der Waals surface area contributed by atoms with E-state index in [1.54, 1.807) is 6.33 Å². The molecule has 124 valence electrons. The Bertz CT molecular complexity index is 825. The fourth-order valence-corrected chi connectivity index (χ4v) is 3.39. The molecule has 1 aromatic heterocycles. The van der Waals surface area contributed by atoms with Crippen molar-refractivity contribution in [2.45, 2.75) is 18.9 Å². The van der Waals surface area contributed by atoms with Crippen molar-refractivity contribution in [3.8, 4) is 0 Å². The maximum Gasteiger partial charge on any atom is 0.234 e. The third-order valence-electron chi connectivity index (χ3n) is 4.70. The standard InChI is InChI=1S/C21H19N3O/c25-21(24-12-11-18-13-22-15-23-19(18)14-24)20(16-7-3-1-4-8-16)17-9-5-2-6-10-17/h1-10,13,15,20H,11-12,14H2. The smallest absolute Gasteiger partial charge is 0.234 e. The fourth-order valence-electron chi connectivity index (χ4n) is 3.39. The van der Waals surface area contributed by atoms with E-state index in [0.717, 1.165) is 28.8 Å². The van der Waals surface area contributed by atoms with E-state index in [9.17, 15) is 4.79 Å². The first kappa shape index (κ1) is 15.5. The highest BCUT2D eigenvalue weighted by molar-refractivity contribution is 5.87. The van der Waals surface area contributed by atoms with Crippen LogP contribution < -0.4 is 0 Å². The van der Waals surface area contributed by atoms with Crippen LogP contribution in [0.15, 0.2) is 73.2 Å². The largest absolute Gasteiger partial charge is 0.336 e. The summed E-state index contributed by atoms with van der Waals surface area (Å²) in [6.07, 6.45) is 4.22. The molecule has 0 bridgehead atoms. The van der Waals surface area contributed by atoms with Gasteiger partial charge in [0.25, 0.3) is 0 Å². The third-order valence-corrected chi connectivity index (χ3v) is 4.70. The number of carbonyl (C=O) groups is 1. The number of carbonyl (C=O) groups excluding carboxylic acids is 1. The van der Waals surface area contributed by atoms with Crippen LogP contribution >= 0.6 is 0 Å². The van der Waals surface area contributed by atoms with Gasteiger partial charge in [0.2, 0.25) is 5.91 Å². The van der Waals surface area contributed by atoms with Crippen LogP contribution in [0.5, 0.6) is 0 Å². The van der Waals surface area contributed by atoms with Crippen LogP contribution in [0.1, 0.15) is 28.3 Å². The van der Waals surface area contributed by atoms with Crippen molar-refractivity contribution >= 4 is 5.91 Å². The van der Waals surface area contributed by atoms with E-state index in [0.29, 0.717) is 13.1 Å².